The molecule has 0 saturated carbocycles. The van der Waals surface area contributed by atoms with Crippen LogP contribution >= 0.6 is 0 Å². The first-order chi connectivity index (χ1) is 9.28. The highest BCUT2D eigenvalue weighted by Crippen LogP contribution is 2.36. The van der Waals surface area contributed by atoms with Crippen molar-refractivity contribution in [3.63, 3.8) is 0 Å². The molecule has 0 spiro atoms. The summed E-state index contributed by atoms with van der Waals surface area (Å²) in [5, 5.41) is 0. The van der Waals surface area contributed by atoms with Gasteiger partial charge in [0.1, 0.15) is 11.6 Å². The van der Waals surface area contributed by atoms with Crippen molar-refractivity contribution in [1.82, 2.24) is 9.97 Å². The molecular weight excluding hydrogens is 238 g/mol. The zero-order chi connectivity index (χ0) is 13.2. The molecule has 4 nitrogen and oxygen atoms in total. The van der Waals surface area contributed by atoms with Gasteiger partial charge in [-0.25, -0.2) is 9.97 Å². The van der Waals surface area contributed by atoms with Crippen molar-refractivity contribution in [2.24, 2.45) is 5.73 Å². The Labute approximate surface area is 112 Å². The largest absolute Gasteiger partial charge is 0.493 e. The van der Waals surface area contributed by atoms with Gasteiger partial charge in [0, 0.05) is 17.8 Å². The second-order valence-corrected chi connectivity index (χ2v) is 4.79. The minimum atomic E-state index is 0.204. The minimum Gasteiger partial charge on any atom is -0.493 e. The van der Waals surface area contributed by atoms with Crippen LogP contribution in [0.5, 0.6) is 5.75 Å². The van der Waals surface area contributed by atoms with Crippen LogP contribution in [0.25, 0.3) is 0 Å². The summed E-state index contributed by atoms with van der Waals surface area (Å²) in [6.45, 7) is 3.13. The van der Waals surface area contributed by atoms with E-state index < -0.39 is 0 Å². The van der Waals surface area contributed by atoms with Gasteiger partial charge in [-0.3, -0.25) is 0 Å². The first-order valence-electron chi connectivity index (χ1n) is 6.54. The molecular formula is C15H17N3O. The summed E-state index contributed by atoms with van der Waals surface area (Å²) in [4.78, 5) is 9.17. The van der Waals surface area contributed by atoms with Crippen molar-refractivity contribution in [2.45, 2.75) is 25.8 Å². The lowest BCUT2D eigenvalue weighted by atomic mass is 9.92. The molecule has 19 heavy (non-hydrogen) atoms. The molecule has 2 aromatic rings. The summed E-state index contributed by atoms with van der Waals surface area (Å²) >= 11 is 0. The Bertz CT molecular complexity index is 598. The fraction of sp³-hybridized carbons (Fsp3) is 0.333. The van der Waals surface area contributed by atoms with Crippen LogP contribution in [-0.4, -0.2) is 16.6 Å². The second kappa shape index (κ2) is 4.97. The van der Waals surface area contributed by atoms with Crippen molar-refractivity contribution in [3.8, 4) is 5.75 Å². The molecule has 1 aliphatic heterocycles. The van der Waals surface area contributed by atoms with Crippen molar-refractivity contribution in [2.75, 3.05) is 6.61 Å². The molecule has 0 bridgehead atoms. The average molecular weight is 255 g/mol. The van der Waals surface area contributed by atoms with E-state index in [0.29, 0.717) is 13.2 Å². The number of hydrogen-bond donors (Lipinski definition) is 1. The smallest absolute Gasteiger partial charge is 0.136 e. The number of nitrogens with two attached hydrogens (primary N) is 1. The first kappa shape index (κ1) is 12.1. The summed E-state index contributed by atoms with van der Waals surface area (Å²) < 4.78 is 5.68. The van der Waals surface area contributed by atoms with Crippen LogP contribution in [0.15, 0.2) is 30.3 Å². The molecule has 1 aromatic heterocycles. The van der Waals surface area contributed by atoms with Crippen LogP contribution in [-0.2, 0) is 6.54 Å². The van der Waals surface area contributed by atoms with Gasteiger partial charge in [-0.1, -0.05) is 18.2 Å². The number of fused-ring (bicyclic) bond motifs is 1. The summed E-state index contributed by atoms with van der Waals surface area (Å²) in [6.07, 6.45) is 0.907. The van der Waals surface area contributed by atoms with Crippen LogP contribution in [0.1, 0.15) is 35.1 Å². The van der Waals surface area contributed by atoms with Gasteiger partial charge in [0.25, 0.3) is 0 Å². The van der Waals surface area contributed by atoms with Gasteiger partial charge < -0.3 is 10.5 Å². The number of hydrogen-bond acceptors (Lipinski definition) is 4. The van der Waals surface area contributed by atoms with Gasteiger partial charge in [-0.15, -0.1) is 0 Å². The van der Waals surface area contributed by atoms with E-state index in [1.165, 1.54) is 5.56 Å². The Balaban J connectivity index is 2.06. The highest BCUT2D eigenvalue weighted by atomic mass is 16.5. The number of aryl methyl sites for hydroxylation is 1. The van der Waals surface area contributed by atoms with Crippen molar-refractivity contribution < 1.29 is 4.74 Å². The van der Waals surface area contributed by atoms with Crippen molar-refractivity contribution >= 4 is 0 Å². The normalized spacial score (nSPS) is 17.7. The van der Waals surface area contributed by atoms with E-state index in [4.69, 9.17) is 10.5 Å². The Morgan fingerprint density at radius 1 is 1.32 bits per heavy atom. The maximum Gasteiger partial charge on any atom is 0.136 e. The second-order valence-electron chi connectivity index (χ2n) is 4.79. The van der Waals surface area contributed by atoms with Crippen LogP contribution < -0.4 is 10.5 Å². The van der Waals surface area contributed by atoms with Crippen LogP contribution in [0.2, 0.25) is 0 Å². The zero-order valence-electron chi connectivity index (χ0n) is 11.0. The molecule has 0 amide bonds. The van der Waals surface area contributed by atoms with Crippen LogP contribution in [0.3, 0.4) is 0 Å². The molecule has 2 heterocycles. The molecule has 98 valence electrons. The predicted octanol–water partition coefficient (Wildman–Crippen LogP) is 2.16. The van der Waals surface area contributed by atoms with Crippen molar-refractivity contribution in [3.05, 3.63) is 53.1 Å². The quantitative estimate of drug-likeness (QED) is 0.893. The topological polar surface area (TPSA) is 61.0 Å². The van der Waals surface area contributed by atoms with E-state index in [0.717, 1.165) is 29.4 Å². The van der Waals surface area contributed by atoms with E-state index in [1.54, 1.807) is 0 Å². The lowest BCUT2D eigenvalue weighted by molar-refractivity contribution is 0.274. The van der Waals surface area contributed by atoms with Crippen molar-refractivity contribution in [1.29, 1.82) is 0 Å². The van der Waals surface area contributed by atoms with Crippen LogP contribution in [0.4, 0.5) is 0 Å². The Morgan fingerprint density at radius 3 is 3.00 bits per heavy atom. The molecule has 3 rings (SSSR count). The third-order valence-corrected chi connectivity index (χ3v) is 3.40. The van der Waals surface area contributed by atoms with Gasteiger partial charge in [-0.05, 0) is 25.5 Å². The molecule has 1 aromatic carbocycles. The fourth-order valence-electron chi connectivity index (χ4n) is 2.53. The zero-order valence-corrected chi connectivity index (χ0v) is 11.0. The minimum absolute atomic E-state index is 0.204. The number of nitrogens with zero attached hydrogens (tertiary/aromatic N) is 2. The molecule has 4 heteroatoms. The predicted molar refractivity (Wildman–Crippen MR) is 73.1 cm³/mol. The van der Waals surface area contributed by atoms with Gasteiger partial charge in [0.15, 0.2) is 0 Å². The van der Waals surface area contributed by atoms with Gasteiger partial charge in [-0.2, -0.15) is 0 Å². The third kappa shape index (κ3) is 2.31. The lowest BCUT2D eigenvalue weighted by Gasteiger charge is -2.25. The van der Waals surface area contributed by atoms with Gasteiger partial charge >= 0.3 is 0 Å². The van der Waals surface area contributed by atoms with E-state index in [1.807, 2.05) is 31.2 Å². The standard InChI is InChI=1S/C15H17N3O/c1-10-8-11(9-16)18-15(17-10)13-6-7-19-14-5-3-2-4-12(13)14/h2-5,8,13H,6-7,9,16H2,1H3. The van der Waals surface area contributed by atoms with Gasteiger partial charge in [0.2, 0.25) is 0 Å². The summed E-state index contributed by atoms with van der Waals surface area (Å²) in [5.74, 6) is 2.00. The maximum atomic E-state index is 5.70. The van der Waals surface area contributed by atoms with E-state index >= 15 is 0 Å². The first-order valence-corrected chi connectivity index (χ1v) is 6.54. The summed E-state index contributed by atoms with van der Waals surface area (Å²) in [5.41, 5.74) is 8.73. The van der Waals surface area contributed by atoms with E-state index in [-0.39, 0.29) is 5.92 Å². The molecule has 1 atom stereocenters. The van der Waals surface area contributed by atoms with E-state index in [2.05, 4.69) is 16.0 Å². The fourth-order valence-corrected chi connectivity index (χ4v) is 2.53. The number of benzene rings is 1. The molecule has 0 aliphatic carbocycles. The molecule has 1 aliphatic rings. The number of rotatable bonds is 2. The summed E-state index contributed by atoms with van der Waals surface area (Å²) in [7, 11) is 0. The lowest BCUT2D eigenvalue weighted by Crippen LogP contribution is -2.18. The Morgan fingerprint density at radius 2 is 2.16 bits per heavy atom. The highest BCUT2D eigenvalue weighted by Gasteiger charge is 2.25. The SMILES string of the molecule is Cc1cc(CN)nc(C2CCOc3ccccc32)n1. The molecule has 0 fully saturated rings. The Hall–Kier alpha value is -1.94. The highest BCUT2D eigenvalue weighted by molar-refractivity contribution is 5.41. The molecule has 2 N–H and O–H groups in total. The monoisotopic (exact) mass is 255 g/mol. The van der Waals surface area contributed by atoms with E-state index in [9.17, 15) is 0 Å². The molecule has 0 saturated heterocycles. The Kier molecular flexibility index (Phi) is 3.17. The number of ether oxygens (including phenoxy) is 1. The van der Waals surface area contributed by atoms with Crippen LogP contribution in [0, 0.1) is 6.92 Å². The average Bonchev–Trinajstić information content (AvgIpc) is 2.46. The number of aromatic nitrogens is 2. The maximum absolute atomic E-state index is 5.70. The molecule has 0 radical (unpaired) electrons. The van der Waals surface area contributed by atoms with Gasteiger partial charge in [0.05, 0.1) is 18.2 Å². The third-order valence-electron chi connectivity index (χ3n) is 3.40. The number of para-hydroxylation sites is 1. The molecule has 1 unspecified atom stereocenters. The summed E-state index contributed by atoms with van der Waals surface area (Å²) in [6, 6.07) is 10.0.